The lowest BCUT2D eigenvalue weighted by Gasteiger charge is -2.01. The molecule has 0 saturated carbocycles. The van der Waals surface area contributed by atoms with Crippen LogP contribution in [0.25, 0.3) is 0 Å². The summed E-state index contributed by atoms with van der Waals surface area (Å²) in [6.07, 6.45) is 2.45. The molecule has 0 heterocycles. The second kappa shape index (κ2) is 5.84. The van der Waals surface area contributed by atoms with Gasteiger partial charge in [-0.25, -0.2) is 0 Å². The van der Waals surface area contributed by atoms with Crippen LogP contribution in [-0.4, -0.2) is 5.78 Å². The van der Waals surface area contributed by atoms with Gasteiger partial charge in [-0.3, -0.25) is 4.79 Å². The van der Waals surface area contributed by atoms with E-state index < -0.39 is 0 Å². The molecule has 3 heteroatoms. The molecule has 0 aliphatic heterocycles. The normalized spacial score (nSPS) is 10.7. The fraction of sp³-hybridized carbons (Fsp3) is 0.182. The quantitative estimate of drug-likeness (QED) is 0.721. The average Bonchev–Trinajstić information content (AvgIpc) is 2.17. The SMILES string of the molecule is O=C(/C=C/Cl)CCc1ccccc1Cl. The zero-order chi connectivity index (χ0) is 10.4. The maximum atomic E-state index is 11.1. The van der Waals surface area contributed by atoms with Gasteiger partial charge in [0.2, 0.25) is 0 Å². The molecule has 74 valence electrons. The van der Waals surface area contributed by atoms with Crippen molar-refractivity contribution in [3.8, 4) is 0 Å². The Hall–Kier alpha value is -0.790. The van der Waals surface area contributed by atoms with Crippen molar-refractivity contribution in [2.24, 2.45) is 0 Å². The van der Waals surface area contributed by atoms with E-state index in [2.05, 4.69) is 0 Å². The summed E-state index contributed by atoms with van der Waals surface area (Å²) < 4.78 is 0. The van der Waals surface area contributed by atoms with Gasteiger partial charge >= 0.3 is 0 Å². The van der Waals surface area contributed by atoms with Crippen molar-refractivity contribution in [3.63, 3.8) is 0 Å². The summed E-state index contributed by atoms with van der Waals surface area (Å²) in [5, 5.41) is 0.704. The third-order valence-electron chi connectivity index (χ3n) is 1.85. The number of carbonyl (C=O) groups excluding carboxylic acids is 1. The molecule has 14 heavy (non-hydrogen) atoms. The molecule has 0 radical (unpaired) electrons. The Balaban J connectivity index is 2.54. The number of rotatable bonds is 4. The largest absolute Gasteiger partial charge is 0.295 e. The molecule has 0 aromatic heterocycles. The van der Waals surface area contributed by atoms with Crippen LogP contribution in [0, 0.1) is 0 Å². The highest BCUT2D eigenvalue weighted by molar-refractivity contribution is 6.31. The lowest BCUT2D eigenvalue weighted by molar-refractivity contribution is -0.114. The van der Waals surface area contributed by atoms with Gasteiger partial charge in [0.25, 0.3) is 0 Å². The van der Waals surface area contributed by atoms with E-state index >= 15 is 0 Å². The van der Waals surface area contributed by atoms with Crippen molar-refractivity contribution in [3.05, 3.63) is 46.5 Å². The molecule has 0 atom stereocenters. The van der Waals surface area contributed by atoms with Crippen molar-refractivity contribution >= 4 is 29.0 Å². The Morgan fingerprint density at radius 1 is 1.36 bits per heavy atom. The fourth-order valence-electron chi connectivity index (χ4n) is 1.11. The minimum atomic E-state index is 0.0138. The molecule has 1 aromatic carbocycles. The molecule has 0 unspecified atom stereocenters. The first kappa shape index (κ1) is 11.3. The summed E-state index contributed by atoms with van der Waals surface area (Å²) in [5.74, 6) is 0.0138. The van der Waals surface area contributed by atoms with Gasteiger partial charge in [-0.2, -0.15) is 0 Å². The minimum absolute atomic E-state index is 0.0138. The summed E-state index contributed by atoms with van der Waals surface area (Å²) in [7, 11) is 0. The molecular formula is C11H10Cl2O. The number of hydrogen-bond donors (Lipinski definition) is 0. The van der Waals surface area contributed by atoms with Gasteiger partial charge < -0.3 is 0 Å². The van der Waals surface area contributed by atoms with Crippen LogP contribution in [0.2, 0.25) is 5.02 Å². The standard InChI is InChI=1S/C11H10Cl2O/c12-8-7-10(14)6-5-9-3-1-2-4-11(9)13/h1-4,7-8H,5-6H2/b8-7+. The summed E-state index contributed by atoms with van der Waals surface area (Å²) in [6, 6.07) is 7.51. The maximum Gasteiger partial charge on any atom is 0.156 e. The van der Waals surface area contributed by atoms with E-state index in [1.807, 2.05) is 24.3 Å². The van der Waals surface area contributed by atoms with Gasteiger partial charge in [0.15, 0.2) is 5.78 Å². The minimum Gasteiger partial charge on any atom is -0.295 e. The Morgan fingerprint density at radius 3 is 2.71 bits per heavy atom. The second-order valence-electron chi connectivity index (χ2n) is 2.85. The van der Waals surface area contributed by atoms with Crippen LogP contribution in [0.1, 0.15) is 12.0 Å². The smallest absolute Gasteiger partial charge is 0.156 e. The summed E-state index contributed by atoms with van der Waals surface area (Å²) >= 11 is 11.2. The third kappa shape index (κ3) is 3.52. The lowest BCUT2D eigenvalue weighted by atomic mass is 10.1. The van der Waals surface area contributed by atoms with E-state index in [-0.39, 0.29) is 5.78 Å². The van der Waals surface area contributed by atoms with Crippen LogP contribution >= 0.6 is 23.2 Å². The zero-order valence-corrected chi connectivity index (χ0v) is 9.05. The second-order valence-corrected chi connectivity index (χ2v) is 3.51. The van der Waals surface area contributed by atoms with E-state index in [0.29, 0.717) is 17.9 Å². The average molecular weight is 229 g/mol. The number of hydrogen-bond acceptors (Lipinski definition) is 1. The van der Waals surface area contributed by atoms with Crippen LogP contribution in [-0.2, 0) is 11.2 Å². The van der Waals surface area contributed by atoms with E-state index in [1.165, 1.54) is 11.6 Å². The molecule has 1 nitrogen and oxygen atoms in total. The number of ketones is 1. The third-order valence-corrected chi connectivity index (χ3v) is 2.34. The summed E-state index contributed by atoms with van der Waals surface area (Å²) in [6.45, 7) is 0. The highest BCUT2D eigenvalue weighted by Crippen LogP contribution is 2.16. The molecule has 0 aliphatic carbocycles. The highest BCUT2D eigenvalue weighted by Gasteiger charge is 2.01. The molecule has 0 fully saturated rings. The first-order valence-corrected chi connectivity index (χ1v) is 5.08. The predicted molar refractivity (Wildman–Crippen MR) is 59.8 cm³/mol. The van der Waals surface area contributed by atoms with Crippen molar-refractivity contribution in [1.82, 2.24) is 0 Å². The Kier molecular flexibility index (Phi) is 4.71. The van der Waals surface area contributed by atoms with Gasteiger partial charge in [-0.1, -0.05) is 41.4 Å². The zero-order valence-electron chi connectivity index (χ0n) is 7.54. The molecule has 0 amide bonds. The van der Waals surface area contributed by atoms with E-state index in [4.69, 9.17) is 23.2 Å². The number of aryl methyl sites for hydroxylation is 1. The summed E-state index contributed by atoms with van der Waals surface area (Å²) in [5.41, 5.74) is 2.22. The van der Waals surface area contributed by atoms with Crippen molar-refractivity contribution in [2.75, 3.05) is 0 Å². The molecule has 1 aromatic rings. The highest BCUT2D eigenvalue weighted by atomic mass is 35.5. The first-order valence-electron chi connectivity index (χ1n) is 4.27. The van der Waals surface area contributed by atoms with Crippen molar-refractivity contribution < 1.29 is 4.79 Å². The predicted octanol–water partition coefficient (Wildman–Crippen LogP) is 3.59. The Morgan fingerprint density at radius 2 is 2.07 bits per heavy atom. The molecule has 0 saturated heterocycles. The van der Waals surface area contributed by atoms with Gasteiger partial charge in [-0.05, 0) is 24.1 Å². The Labute approximate surface area is 93.3 Å². The molecule has 0 N–H and O–H groups in total. The first-order chi connectivity index (χ1) is 6.74. The molecule has 1 rings (SSSR count). The van der Waals surface area contributed by atoms with Gasteiger partial charge in [-0.15, -0.1) is 0 Å². The van der Waals surface area contributed by atoms with Gasteiger partial charge in [0, 0.05) is 17.0 Å². The van der Waals surface area contributed by atoms with Crippen molar-refractivity contribution in [1.29, 1.82) is 0 Å². The van der Waals surface area contributed by atoms with Crippen LogP contribution in [0.4, 0.5) is 0 Å². The topological polar surface area (TPSA) is 17.1 Å². The molecule has 0 bridgehead atoms. The van der Waals surface area contributed by atoms with E-state index in [0.717, 1.165) is 5.56 Å². The number of halogens is 2. The monoisotopic (exact) mass is 228 g/mol. The van der Waals surface area contributed by atoms with Gasteiger partial charge in [0.05, 0.1) is 0 Å². The fourth-order valence-corrected chi connectivity index (χ4v) is 1.48. The van der Waals surface area contributed by atoms with Crippen LogP contribution in [0.15, 0.2) is 35.9 Å². The maximum absolute atomic E-state index is 11.1. The lowest BCUT2D eigenvalue weighted by Crippen LogP contribution is -1.96. The molecule has 0 spiro atoms. The van der Waals surface area contributed by atoms with Crippen LogP contribution < -0.4 is 0 Å². The van der Waals surface area contributed by atoms with Crippen LogP contribution in [0.3, 0.4) is 0 Å². The number of benzene rings is 1. The number of allylic oxidation sites excluding steroid dienone is 1. The summed E-state index contributed by atoms with van der Waals surface area (Å²) in [4.78, 5) is 11.1. The molecule has 0 aliphatic rings. The van der Waals surface area contributed by atoms with Crippen molar-refractivity contribution in [2.45, 2.75) is 12.8 Å². The van der Waals surface area contributed by atoms with Crippen LogP contribution in [0.5, 0.6) is 0 Å². The van der Waals surface area contributed by atoms with E-state index in [9.17, 15) is 4.79 Å². The Bertz CT molecular complexity index is 345. The molecular weight excluding hydrogens is 219 g/mol. The van der Waals surface area contributed by atoms with Gasteiger partial charge in [0.1, 0.15) is 0 Å². The number of carbonyl (C=O) groups is 1. The van der Waals surface area contributed by atoms with E-state index in [1.54, 1.807) is 0 Å².